The van der Waals surface area contributed by atoms with Gasteiger partial charge in [-0.25, -0.2) is 9.97 Å². The van der Waals surface area contributed by atoms with Crippen LogP contribution in [-0.2, 0) is 13.1 Å². The van der Waals surface area contributed by atoms with E-state index in [1.807, 2.05) is 61.3 Å². The molecule has 3 rings (SSSR count). The average Bonchev–Trinajstić information content (AvgIpc) is 3.10. The molecule has 1 aromatic carbocycles. The molecule has 0 fully saturated rings. The Morgan fingerprint density at radius 2 is 1.89 bits per heavy atom. The highest BCUT2D eigenvalue weighted by Gasteiger charge is 2.07. The predicted molar refractivity (Wildman–Crippen MR) is 109 cm³/mol. The first-order chi connectivity index (χ1) is 13.1. The summed E-state index contributed by atoms with van der Waals surface area (Å²) in [7, 11) is 3.79. The van der Waals surface area contributed by atoms with Gasteiger partial charge in [-0.05, 0) is 36.2 Å². The third-order valence-electron chi connectivity index (χ3n) is 4.24. The van der Waals surface area contributed by atoms with Crippen LogP contribution in [-0.4, -0.2) is 39.5 Å². The minimum Gasteiger partial charge on any atom is -0.352 e. The Morgan fingerprint density at radius 3 is 2.48 bits per heavy atom. The number of guanidine groups is 1. The first-order valence-corrected chi connectivity index (χ1v) is 9.06. The summed E-state index contributed by atoms with van der Waals surface area (Å²) in [5.74, 6) is 2.59. The number of benzene rings is 1. The lowest BCUT2D eigenvalue weighted by atomic mass is 10.2. The molecule has 27 heavy (non-hydrogen) atoms. The van der Waals surface area contributed by atoms with Crippen molar-refractivity contribution in [2.24, 2.45) is 4.99 Å². The summed E-state index contributed by atoms with van der Waals surface area (Å²) in [5, 5.41) is 4.11. The first-order valence-electron chi connectivity index (χ1n) is 8.68. The summed E-state index contributed by atoms with van der Waals surface area (Å²) in [4.78, 5) is 15.2. The number of nitrogens with one attached hydrogen (secondary N) is 1. The van der Waals surface area contributed by atoms with E-state index in [1.54, 1.807) is 13.2 Å². The van der Waals surface area contributed by atoms with Crippen molar-refractivity contribution in [1.29, 1.82) is 0 Å². The molecule has 0 atom stereocenters. The quantitative estimate of drug-likeness (QED) is 0.542. The molecule has 0 spiro atoms. The van der Waals surface area contributed by atoms with Crippen molar-refractivity contribution in [2.45, 2.75) is 20.0 Å². The topological polar surface area (TPSA) is 58.3 Å². The van der Waals surface area contributed by atoms with Crippen molar-refractivity contribution >= 4 is 17.6 Å². The average molecular weight is 383 g/mol. The SMILES string of the molecule is CN=C(NCc1ccc(-n2ccnc2C)nc1)N(C)Cc1ccc(Cl)cc1. The van der Waals surface area contributed by atoms with Gasteiger partial charge in [-0.1, -0.05) is 29.8 Å². The van der Waals surface area contributed by atoms with Gasteiger partial charge in [-0.2, -0.15) is 0 Å². The third-order valence-corrected chi connectivity index (χ3v) is 4.49. The zero-order chi connectivity index (χ0) is 19.2. The van der Waals surface area contributed by atoms with E-state index in [9.17, 15) is 0 Å². The lowest BCUT2D eigenvalue weighted by molar-refractivity contribution is 0.476. The van der Waals surface area contributed by atoms with Gasteiger partial charge in [0.05, 0.1) is 0 Å². The molecule has 2 heterocycles. The highest BCUT2D eigenvalue weighted by atomic mass is 35.5. The molecule has 2 aromatic heterocycles. The number of imidazole rings is 1. The molecule has 1 N–H and O–H groups in total. The molecule has 0 aliphatic heterocycles. The van der Waals surface area contributed by atoms with Gasteiger partial charge in [-0.15, -0.1) is 0 Å². The number of pyridine rings is 1. The maximum Gasteiger partial charge on any atom is 0.193 e. The van der Waals surface area contributed by atoms with E-state index in [1.165, 1.54) is 5.56 Å². The Kier molecular flexibility index (Phi) is 6.08. The van der Waals surface area contributed by atoms with Crippen LogP contribution in [0.2, 0.25) is 5.02 Å². The smallest absolute Gasteiger partial charge is 0.193 e. The molecule has 0 aliphatic rings. The number of nitrogens with zero attached hydrogens (tertiary/aromatic N) is 5. The molecular formula is C20H23ClN6. The van der Waals surface area contributed by atoms with Crippen LogP contribution in [0.3, 0.4) is 0 Å². The second-order valence-corrected chi connectivity index (χ2v) is 6.69. The van der Waals surface area contributed by atoms with Gasteiger partial charge in [0.25, 0.3) is 0 Å². The minimum atomic E-state index is 0.647. The molecule has 7 heteroatoms. The fourth-order valence-electron chi connectivity index (χ4n) is 2.79. The lowest BCUT2D eigenvalue weighted by Gasteiger charge is -2.22. The number of aromatic nitrogens is 3. The van der Waals surface area contributed by atoms with Crippen molar-refractivity contribution in [2.75, 3.05) is 14.1 Å². The number of halogens is 1. The highest BCUT2D eigenvalue weighted by molar-refractivity contribution is 6.30. The summed E-state index contributed by atoms with van der Waals surface area (Å²) in [6.45, 7) is 3.35. The highest BCUT2D eigenvalue weighted by Crippen LogP contribution is 2.11. The molecule has 0 saturated heterocycles. The van der Waals surface area contributed by atoms with E-state index in [0.29, 0.717) is 6.54 Å². The van der Waals surface area contributed by atoms with Crippen molar-refractivity contribution in [3.05, 3.63) is 77.0 Å². The van der Waals surface area contributed by atoms with Gasteiger partial charge in [0, 0.05) is 50.8 Å². The number of hydrogen-bond donors (Lipinski definition) is 1. The summed E-state index contributed by atoms with van der Waals surface area (Å²) < 4.78 is 1.95. The Hall–Kier alpha value is -2.86. The maximum absolute atomic E-state index is 5.95. The van der Waals surface area contributed by atoms with E-state index >= 15 is 0 Å². The van der Waals surface area contributed by atoms with E-state index < -0.39 is 0 Å². The van der Waals surface area contributed by atoms with Gasteiger partial charge in [0.1, 0.15) is 11.6 Å². The zero-order valence-corrected chi connectivity index (χ0v) is 16.5. The number of aryl methyl sites for hydroxylation is 1. The van der Waals surface area contributed by atoms with Gasteiger partial charge in [0.15, 0.2) is 5.96 Å². The molecule has 140 valence electrons. The van der Waals surface area contributed by atoms with Crippen LogP contribution in [0.5, 0.6) is 0 Å². The van der Waals surface area contributed by atoms with Gasteiger partial charge in [-0.3, -0.25) is 9.56 Å². The summed E-state index contributed by atoms with van der Waals surface area (Å²) in [6, 6.07) is 11.9. The normalized spacial score (nSPS) is 11.5. The van der Waals surface area contributed by atoms with Crippen LogP contribution in [0.25, 0.3) is 5.82 Å². The van der Waals surface area contributed by atoms with Gasteiger partial charge < -0.3 is 10.2 Å². The summed E-state index contributed by atoms with van der Waals surface area (Å²) in [5.41, 5.74) is 2.25. The fourth-order valence-corrected chi connectivity index (χ4v) is 2.91. The second kappa shape index (κ2) is 8.68. The van der Waals surface area contributed by atoms with Crippen LogP contribution >= 0.6 is 11.6 Å². The summed E-state index contributed by atoms with van der Waals surface area (Å²) >= 11 is 5.95. The van der Waals surface area contributed by atoms with Crippen molar-refractivity contribution < 1.29 is 0 Å². The van der Waals surface area contributed by atoms with Crippen molar-refractivity contribution in [1.82, 2.24) is 24.8 Å². The van der Waals surface area contributed by atoms with Crippen LogP contribution in [0.1, 0.15) is 17.0 Å². The first kappa shape index (κ1) is 18.9. The largest absolute Gasteiger partial charge is 0.352 e. The fraction of sp³-hybridized carbons (Fsp3) is 0.250. The molecule has 0 saturated carbocycles. The standard InChI is InChI=1S/C20H23ClN6/c1-15-23-10-11-27(15)19-9-6-17(12-24-19)13-25-20(22-2)26(3)14-16-4-7-18(21)8-5-16/h4-12H,13-14H2,1-3H3,(H,22,25). The van der Waals surface area contributed by atoms with Crippen molar-refractivity contribution in [3.8, 4) is 5.82 Å². The zero-order valence-electron chi connectivity index (χ0n) is 15.7. The van der Waals surface area contributed by atoms with Crippen LogP contribution in [0.15, 0.2) is 60.0 Å². The lowest BCUT2D eigenvalue weighted by Crippen LogP contribution is -2.38. The molecular weight excluding hydrogens is 360 g/mol. The second-order valence-electron chi connectivity index (χ2n) is 6.25. The van der Waals surface area contributed by atoms with Crippen LogP contribution in [0, 0.1) is 6.92 Å². The number of rotatable bonds is 5. The molecule has 0 bridgehead atoms. The molecule has 0 radical (unpaired) electrons. The maximum atomic E-state index is 5.95. The Bertz CT molecular complexity index is 899. The van der Waals surface area contributed by atoms with Gasteiger partial charge >= 0.3 is 0 Å². The molecule has 3 aromatic rings. The molecule has 6 nitrogen and oxygen atoms in total. The Balaban J connectivity index is 1.59. The number of aliphatic imine (C=N–C) groups is 1. The van der Waals surface area contributed by atoms with E-state index in [4.69, 9.17) is 11.6 Å². The third kappa shape index (κ3) is 4.86. The van der Waals surface area contributed by atoms with Crippen LogP contribution < -0.4 is 5.32 Å². The molecule has 0 amide bonds. The predicted octanol–water partition coefficient (Wildman–Crippen LogP) is 3.44. The van der Waals surface area contributed by atoms with E-state index in [0.717, 1.165) is 34.7 Å². The molecule has 0 unspecified atom stereocenters. The Morgan fingerprint density at radius 1 is 1.15 bits per heavy atom. The van der Waals surface area contributed by atoms with Crippen molar-refractivity contribution in [3.63, 3.8) is 0 Å². The Labute approximate surface area is 164 Å². The minimum absolute atomic E-state index is 0.647. The van der Waals surface area contributed by atoms with E-state index in [2.05, 4.69) is 31.2 Å². The van der Waals surface area contributed by atoms with Crippen LogP contribution in [0.4, 0.5) is 0 Å². The van der Waals surface area contributed by atoms with E-state index in [-0.39, 0.29) is 0 Å². The molecule has 0 aliphatic carbocycles. The summed E-state index contributed by atoms with van der Waals surface area (Å²) in [6.07, 6.45) is 5.55. The monoisotopic (exact) mass is 382 g/mol. The van der Waals surface area contributed by atoms with Gasteiger partial charge in [0.2, 0.25) is 0 Å². The number of hydrogen-bond acceptors (Lipinski definition) is 3.